The standard InChI is InChI=1S/C17H22N2O4S2/c1-13-5-6-14(23-13)12-18(2)16(20)11-15-7-8-17(24-15)25(21,22)19-9-3-4-10-19/h5-8H,3-4,9-12H2,1-2H3. The van der Waals surface area contributed by atoms with E-state index in [4.69, 9.17) is 4.42 Å². The van der Waals surface area contributed by atoms with Crippen molar-refractivity contribution >= 4 is 27.3 Å². The highest BCUT2D eigenvalue weighted by Crippen LogP contribution is 2.27. The van der Waals surface area contributed by atoms with Crippen molar-refractivity contribution in [3.8, 4) is 0 Å². The van der Waals surface area contributed by atoms with Gasteiger partial charge >= 0.3 is 0 Å². The van der Waals surface area contributed by atoms with E-state index in [0.717, 1.165) is 29.2 Å². The summed E-state index contributed by atoms with van der Waals surface area (Å²) in [5.41, 5.74) is 0. The first-order chi connectivity index (χ1) is 11.9. The van der Waals surface area contributed by atoms with Crippen molar-refractivity contribution in [3.05, 3.63) is 40.7 Å². The van der Waals surface area contributed by atoms with E-state index in [2.05, 4.69) is 0 Å². The van der Waals surface area contributed by atoms with Gasteiger partial charge in [0, 0.05) is 25.0 Å². The summed E-state index contributed by atoms with van der Waals surface area (Å²) in [4.78, 5) is 14.7. The molecule has 3 rings (SSSR count). The van der Waals surface area contributed by atoms with E-state index in [1.807, 2.05) is 19.1 Å². The third-order valence-corrected chi connectivity index (χ3v) is 7.69. The van der Waals surface area contributed by atoms with Crippen LogP contribution >= 0.6 is 11.3 Å². The Kier molecular flexibility index (Phi) is 5.31. The number of sulfonamides is 1. The minimum absolute atomic E-state index is 0.0685. The molecule has 8 heteroatoms. The van der Waals surface area contributed by atoms with E-state index in [1.54, 1.807) is 24.1 Å². The molecular weight excluding hydrogens is 360 g/mol. The van der Waals surface area contributed by atoms with Crippen LogP contribution in [0.1, 0.15) is 29.2 Å². The molecule has 1 fully saturated rings. The molecule has 0 atom stereocenters. The van der Waals surface area contributed by atoms with Gasteiger partial charge in [-0.05, 0) is 44.0 Å². The van der Waals surface area contributed by atoms with Crippen LogP contribution in [0.15, 0.2) is 32.9 Å². The Balaban J connectivity index is 1.63. The van der Waals surface area contributed by atoms with Gasteiger partial charge in [-0.25, -0.2) is 8.42 Å². The van der Waals surface area contributed by atoms with Crippen LogP contribution in [0.5, 0.6) is 0 Å². The Labute approximate surface area is 152 Å². The minimum Gasteiger partial charge on any atom is -0.464 e. The van der Waals surface area contributed by atoms with Crippen LogP contribution in [0.2, 0.25) is 0 Å². The van der Waals surface area contributed by atoms with Crippen molar-refractivity contribution in [1.82, 2.24) is 9.21 Å². The molecule has 0 aromatic carbocycles. The quantitative estimate of drug-likeness (QED) is 0.770. The molecule has 2 aromatic heterocycles. The van der Waals surface area contributed by atoms with Gasteiger partial charge in [0.15, 0.2) is 0 Å². The number of likely N-dealkylation sites (N-methyl/N-ethyl adjacent to an activating group) is 1. The van der Waals surface area contributed by atoms with Crippen molar-refractivity contribution in [2.24, 2.45) is 0 Å². The summed E-state index contributed by atoms with van der Waals surface area (Å²) in [5, 5.41) is 0. The molecular formula is C17H22N2O4S2. The fourth-order valence-electron chi connectivity index (χ4n) is 2.82. The van der Waals surface area contributed by atoms with Crippen LogP contribution in [0.3, 0.4) is 0 Å². The lowest BCUT2D eigenvalue weighted by atomic mass is 10.3. The fraction of sp³-hybridized carbons (Fsp3) is 0.471. The van der Waals surface area contributed by atoms with Gasteiger partial charge in [0.25, 0.3) is 10.0 Å². The number of nitrogens with zero attached hydrogens (tertiary/aromatic N) is 2. The van der Waals surface area contributed by atoms with Gasteiger partial charge in [0.05, 0.1) is 13.0 Å². The van der Waals surface area contributed by atoms with E-state index in [0.29, 0.717) is 23.8 Å². The second-order valence-corrected chi connectivity index (χ2v) is 9.60. The normalized spacial score (nSPS) is 15.6. The van der Waals surface area contributed by atoms with Crippen molar-refractivity contribution < 1.29 is 17.6 Å². The second-order valence-electron chi connectivity index (χ2n) is 6.27. The molecule has 1 saturated heterocycles. The van der Waals surface area contributed by atoms with Gasteiger partial charge in [-0.2, -0.15) is 4.31 Å². The van der Waals surface area contributed by atoms with Crippen molar-refractivity contribution in [3.63, 3.8) is 0 Å². The van der Waals surface area contributed by atoms with Crippen molar-refractivity contribution in [2.45, 2.75) is 36.9 Å². The summed E-state index contributed by atoms with van der Waals surface area (Å²) in [5.74, 6) is 1.48. The van der Waals surface area contributed by atoms with Gasteiger partial charge in [-0.1, -0.05) is 0 Å². The largest absolute Gasteiger partial charge is 0.464 e. The molecule has 3 heterocycles. The lowest BCUT2D eigenvalue weighted by Crippen LogP contribution is -2.27. The lowest BCUT2D eigenvalue weighted by Gasteiger charge is -2.15. The van der Waals surface area contributed by atoms with E-state index >= 15 is 0 Å². The number of carbonyl (C=O) groups excluding carboxylic acids is 1. The highest BCUT2D eigenvalue weighted by atomic mass is 32.2. The van der Waals surface area contributed by atoms with Gasteiger partial charge in [0.1, 0.15) is 15.7 Å². The Morgan fingerprint density at radius 1 is 1.24 bits per heavy atom. The Morgan fingerprint density at radius 2 is 1.96 bits per heavy atom. The van der Waals surface area contributed by atoms with Crippen LogP contribution < -0.4 is 0 Å². The van der Waals surface area contributed by atoms with E-state index in [9.17, 15) is 13.2 Å². The van der Waals surface area contributed by atoms with Crippen LogP contribution in [-0.4, -0.2) is 43.7 Å². The predicted octanol–water partition coefficient (Wildman–Crippen LogP) is 2.64. The van der Waals surface area contributed by atoms with Gasteiger partial charge < -0.3 is 9.32 Å². The van der Waals surface area contributed by atoms with Gasteiger partial charge in [-0.3, -0.25) is 4.79 Å². The molecule has 0 bridgehead atoms. The maximum absolute atomic E-state index is 12.5. The van der Waals surface area contributed by atoms with Gasteiger partial charge in [-0.15, -0.1) is 11.3 Å². The Bertz CT molecular complexity index is 848. The highest BCUT2D eigenvalue weighted by molar-refractivity contribution is 7.91. The number of amides is 1. The first-order valence-electron chi connectivity index (χ1n) is 8.24. The molecule has 0 spiro atoms. The average molecular weight is 383 g/mol. The molecule has 1 aliphatic rings. The van der Waals surface area contributed by atoms with Crippen molar-refractivity contribution in [1.29, 1.82) is 0 Å². The smallest absolute Gasteiger partial charge is 0.252 e. The average Bonchev–Trinajstić information content (AvgIpc) is 3.28. The Morgan fingerprint density at radius 3 is 2.60 bits per heavy atom. The minimum atomic E-state index is -3.41. The van der Waals surface area contributed by atoms with Crippen molar-refractivity contribution in [2.75, 3.05) is 20.1 Å². The zero-order valence-corrected chi connectivity index (χ0v) is 16.0. The van der Waals surface area contributed by atoms with E-state index < -0.39 is 10.0 Å². The zero-order valence-electron chi connectivity index (χ0n) is 14.4. The third-order valence-electron chi connectivity index (χ3n) is 4.24. The van der Waals surface area contributed by atoms with Crippen LogP contribution in [0, 0.1) is 6.92 Å². The van der Waals surface area contributed by atoms with Crippen LogP contribution in [0.25, 0.3) is 0 Å². The van der Waals surface area contributed by atoms with Gasteiger partial charge in [0.2, 0.25) is 5.91 Å². The monoisotopic (exact) mass is 382 g/mol. The number of aryl methyl sites for hydroxylation is 1. The highest BCUT2D eigenvalue weighted by Gasteiger charge is 2.28. The van der Waals surface area contributed by atoms with E-state index in [-0.39, 0.29) is 12.3 Å². The van der Waals surface area contributed by atoms with Crippen LogP contribution in [-0.2, 0) is 27.8 Å². The first kappa shape index (κ1) is 18.2. The molecule has 25 heavy (non-hydrogen) atoms. The summed E-state index contributed by atoms with van der Waals surface area (Å²) in [7, 11) is -1.69. The summed E-state index contributed by atoms with van der Waals surface area (Å²) < 4.78 is 32.4. The molecule has 136 valence electrons. The molecule has 0 radical (unpaired) electrons. The first-order valence-corrected chi connectivity index (χ1v) is 10.5. The maximum Gasteiger partial charge on any atom is 0.252 e. The fourth-order valence-corrected chi connectivity index (χ4v) is 5.84. The third kappa shape index (κ3) is 4.13. The summed E-state index contributed by atoms with van der Waals surface area (Å²) in [6.07, 6.45) is 2.01. The number of furan rings is 1. The van der Waals surface area contributed by atoms with E-state index in [1.165, 1.54) is 15.6 Å². The molecule has 6 nitrogen and oxygen atoms in total. The number of carbonyl (C=O) groups is 1. The summed E-state index contributed by atoms with van der Waals surface area (Å²) >= 11 is 1.18. The number of thiophene rings is 1. The second kappa shape index (κ2) is 7.31. The number of rotatable bonds is 6. The SMILES string of the molecule is Cc1ccc(CN(C)C(=O)Cc2ccc(S(=O)(=O)N3CCCC3)s2)o1. The predicted molar refractivity (Wildman–Crippen MR) is 95.9 cm³/mol. The maximum atomic E-state index is 12.5. The van der Waals surface area contributed by atoms with Crippen LogP contribution in [0.4, 0.5) is 0 Å². The summed E-state index contributed by atoms with van der Waals surface area (Å²) in [6, 6.07) is 7.06. The topological polar surface area (TPSA) is 70.8 Å². The summed E-state index contributed by atoms with van der Waals surface area (Å²) in [6.45, 7) is 3.43. The number of hydrogen-bond donors (Lipinski definition) is 0. The molecule has 0 aliphatic carbocycles. The number of hydrogen-bond acceptors (Lipinski definition) is 5. The molecule has 1 aliphatic heterocycles. The molecule has 0 N–H and O–H groups in total. The zero-order chi connectivity index (χ0) is 18.0. The molecule has 2 aromatic rings. The lowest BCUT2D eigenvalue weighted by molar-refractivity contribution is -0.129. The molecule has 0 unspecified atom stereocenters. The molecule has 1 amide bonds. The Hall–Kier alpha value is -1.64. The molecule has 0 saturated carbocycles.